The van der Waals surface area contributed by atoms with Crippen LogP contribution in [0.4, 0.5) is 0 Å². The Balaban J connectivity index is 1.51. The van der Waals surface area contributed by atoms with E-state index in [-0.39, 0.29) is 6.10 Å². The second kappa shape index (κ2) is 6.95. The molecule has 3 aliphatic rings. The molecule has 0 spiro atoms. The van der Waals surface area contributed by atoms with E-state index in [0.29, 0.717) is 11.3 Å². The Morgan fingerprint density at radius 1 is 1.19 bits per heavy atom. The van der Waals surface area contributed by atoms with E-state index in [1.54, 1.807) is 0 Å². The van der Waals surface area contributed by atoms with E-state index in [1.165, 1.54) is 32.2 Å². The van der Waals surface area contributed by atoms with Gasteiger partial charge in [-0.1, -0.05) is 0 Å². The van der Waals surface area contributed by atoms with Gasteiger partial charge in [0.05, 0.1) is 6.10 Å². The van der Waals surface area contributed by atoms with Gasteiger partial charge in [0.2, 0.25) is 0 Å². The lowest BCUT2D eigenvalue weighted by Crippen LogP contribution is -2.50. The van der Waals surface area contributed by atoms with E-state index in [2.05, 4.69) is 10.2 Å². The fourth-order valence-electron chi connectivity index (χ4n) is 3.91. The number of hydrogen-bond donors (Lipinski definition) is 2. The smallest absolute Gasteiger partial charge is 0.0541 e. The van der Waals surface area contributed by atoms with Crippen molar-refractivity contribution in [3.05, 3.63) is 0 Å². The number of likely N-dealkylation sites (tertiary alicyclic amines) is 1. The molecular weight excluding hydrogens is 264 g/mol. The maximum Gasteiger partial charge on any atom is 0.0541 e. The van der Waals surface area contributed by atoms with Crippen molar-refractivity contribution in [2.24, 2.45) is 11.3 Å². The van der Waals surface area contributed by atoms with Crippen LogP contribution in [0.5, 0.6) is 0 Å². The summed E-state index contributed by atoms with van der Waals surface area (Å²) >= 11 is 0. The normalized spacial score (nSPS) is 29.4. The molecule has 0 radical (unpaired) electrons. The molecule has 4 nitrogen and oxygen atoms in total. The fourth-order valence-corrected chi connectivity index (χ4v) is 3.91. The van der Waals surface area contributed by atoms with Gasteiger partial charge in [-0.3, -0.25) is 0 Å². The molecule has 3 rings (SSSR count). The highest BCUT2D eigenvalue weighted by Gasteiger charge is 2.37. The molecule has 2 saturated heterocycles. The minimum absolute atomic E-state index is 0.138. The SMILES string of the molecule is CC(O)C1CCN(CC2(CNC3CC3)CCOCC2)CC1. The van der Waals surface area contributed by atoms with E-state index < -0.39 is 0 Å². The third-order valence-corrected chi connectivity index (χ3v) is 5.77. The first-order valence-corrected chi connectivity index (χ1v) is 8.88. The van der Waals surface area contributed by atoms with Gasteiger partial charge in [-0.25, -0.2) is 0 Å². The van der Waals surface area contributed by atoms with Crippen LogP contribution >= 0.6 is 0 Å². The van der Waals surface area contributed by atoms with Gasteiger partial charge in [0.15, 0.2) is 0 Å². The first kappa shape index (κ1) is 15.7. The first-order chi connectivity index (χ1) is 10.2. The van der Waals surface area contributed by atoms with Crippen molar-refractivity contribution < 1.29 is 9.84 Å². The highest BCUT2D eigenvalue weighted by Crippen LogP contribution is 2.34. The molecule has 1 saturated carbocycles. The molecule has 0 aromatic rings. The van der Waals surface area contributed by atoms with Crippen molar-refractivity contribution in [2.75, 3.05) is 39.4 Å². The maximum absolute atomic E-state index is 9.74. The van der Waals surface area contributed by atoms with E-state index in [1.807, 2.05) is 6.92 Å². The molecular formula is C17H32N2O2. The third kappa shape index (κ3) is 4.41. The van der Waals surface area contributed by atoms with Crippen molar-refractivity contribution in [3.63, 3.8) is 0 Å². The van der Waals surface area contributed by atoms with Crippen LogP contribution in [0.25, 0.3) is 0 Å². The summed E-state index contributed by atoms with van der Waals surface area (Å²) in [5, 5.41) is 13.5. The van der Waals surface area contributed by atoms with Crippen LogP contribution in [0.1, 0.15) is 45.4 Å². The summed E-state index contributed by atoms with van der Waals surface area (Å²) in [4.78, 5) is 2.64. The highest BCUT2D eigenvalue weighted by atomic mass is 16.5. The van der Waals surface area contributed by atoms with Gasteiger partial charge in [-0.05, 0) is 69.9 Å². The zero-order valence-corrected chi connectivity index (χ0v) is 13.5. The predicted molar refractivity (Wildman–Crippen MR) is 84.4 cm³/mol. The molecule has 1 atom stereocenters. The quantitative estimate of drug-likeness (QED) is 0.782. The predicted octanol–water partition coefficient (Wildman–Crippen LogP) is 1.63. The molecule has 1 aliphatic carbocycles. The molecule has 21 heavy (non-hydrogen) atoms. The Hall–Kier alpha value is -0.160. The second-order valence-corrected chi connectivity index (χ2v) is 7.62. The third-order valence-electron chi connectivity index (χ3n) is 5.77. The standard InChI is InChI=1S/C17H32N2O2/c1-14(20)15-4-8-19(9-5-15)13-17(6-10-21-11-7-17)12-18-16-2-3-16/h14-16,18,20H,2-13H2,1H3. The van der Waals surface area contributed by atoms with Gasteiger partial charge >= 0.3 is 0 Å². The van der Waals surface area contributed by atoms with E-state index in [4.69, 9.17) is 4.74 Å². The molecule has 1 unspecified atom stereocenters. The largest absolute Gasteiger partial charge is 0.393 e. The van der Waals surface area contributed by atoms with E-state index in [0.717, 1.165) is 51.7 Å². The molecule has 2 N–H and O–H groups in total. The number of aliphatic hydroxyl groups excluding tert-OH is 1. The number of aliphatic hydroxyl groups is 1. The Morgan fingerprint density at radius 2 is 1.86 bits per heavy atom. The van der Waals surface area contributed by atoms with E-state index >= 15 is 0 Å². The van der Waals surface area contributed by atoms with Crippen LogP contribution in [0.15, 0.2) is 0 Å². The summed E-state index contributed by atoms with van der Waals surface area (Å²) in [6, 6.07) is 0.797. The van der Waals surface area contributed by atoms with Crippen molar-refractivity contribution in [1.29, 1.82) is 0 Å². The lowest BCUT2D eigenvalue weighted by Gasteiger charge is -2.43. The van der Waals surface area contributed by atoms with Crippen LogP contribution in [-0.4, -0.2) is 61.5 Å². The van der Waals surface area contributed by atoms with Crippen molar-refractivity contribution in [2.45, 2.75) is 57.6 Å². The monoisotopic (exact) mass is 296 g/mol. The average molecular weight is 296 g/mol. The topological polar surface area (TPSA) is 44.7 Å². The average Bonchev–Trinajstić information content (AvgIpc) is 3.31. The van der Waals surface area contributed by atoms with Crippen LogP contribution in [0, 0.1) is 11.3 Å². The van der Waals surface area contributed by atoms with Gasteiger partial charge in [0, 0.05) is 32.3 Å². The zero-order chi connectivity index (χ0) is 14.7. The molecule has 0 amide bonds. The Morgan fingerprint density at radius 3 is 2.43 bits per heavy atom. The summed E-state index contributed by atoms with van der Waals surface area (Å²) in [6.45, 7) is 8.48. The van der Waals surface area contributed by atoms with Gasteiger partial charge in [0.25, 0.3) is 0 Å². The lowest BCUT2D eigenvalue weighted by molar-refractivity contribution is -0.0149. The maximum atomic E-state index is 9.74. The Labute approximate surface area is 129 Å². The first-order valence-electron chi connectivity index (χ1n) is 8.88. The van der Waals surface area contributed by atoms with Crippen molar-refractivity contribution in [1.82, 2.24) is 10.2 Å². The highest BCUT2D eigenvalue weighted by molar-refractivity contribution is 4.92. The summed E-state index contributed by atoms with van der Waals surface area (Å²) in [7, 11) is 0. The fraction of sp³-hybridized carbons (Fsp3) is 1.00. The number of nitrogens with zero attached hydrogens (tertiary/aromatic N) is 1. The molecule has 0 aromatic carbocycles. The van der Waals surface area contributed by atoms with Crippen molar-refractivity contribution in [3.8, 4) is 0 Å². The number of hydrogen-bond acceptors (Lipinski definition) is 4. The molecule has 3 fully saturated rings. The van der Waals surface area contributed by atoms with Crippen LogP contribution < -0.4 is 5.32 Å². The van der Waals surface area contributed by atoms with Crippen LogP contribution in [0.3, 0.4) is 0 Å². The summed E-state index contributed by atoms with van der Waals surface area (Å²) in [5.41, 5.74) is 0.415. The van der Waals surface area contributed by atoms with Gasteiger partial charge in [0.1, 0.15) is 0 Å². The zero-order valence-electron chi connectivity index (χ0n) is 13.5. The minimum Gasteiger partial charge on any atom is -0.393 e. The lowest BCUT2D eigenvalue weighted by atomic mass is 9.78. The molecule has 0 aromatic heterocycles. The number of ether oxygens (including phenoxy) is 1. The summed E-state index contributed by atoms with van der Waals surface area (Å²) in [5.74, 6) is 0.511. The number of nitrogens with one attached hydrogen (secondary N) is 1. The van der Waals surface area contributed by atoms with Gasteiger partial charge in [-0.2, -0.15) is 0 Å². The molecule has 2 heterocycles. The Kier molecular flexibility index (Phi) is 5.20. The van der Waals surface area contributed by atoms with Crippen LogP contribution in [-0.2, 0) is 4.74 Å². The Bertz CT molecular complexity index is 317. The van der Waals surface area contributed by atoms with Gasteiger partial charge < -0.3 is 20.1 Å². The number of rotatable bonds is 6. The van der Waals surface area contributed by atoms with Crippen molar-refractivity contribution >= 4 is 0 Å². The molecule has 122 valence electrons. The molecule has 0 bridgehead atoms. The second-order valence-electron chi connectivity index (χ2n) is 7.62. The number of piperidine rings is 1. The molecule has 4 heteroatoms. The van der Waals surface area contributed by atoms with Gasteiger partial charge in [-0.15, -0.1) is 0 Å². The minimum atomic E-state index is -0.138. The summed E-state index contributed by atoms with van der Waals surface area (Å²) < 4.78 is 5.61. The van der Waals surface area contributed by atoms with E-state index in [9.17, 15) is 5.11 Å². The van der Waals surface area contributed by atoms with Crippen LogP contribution in [0.2, 0.25) is 0 Å². The summed E-state index contributed by atoms with van der Waals surface area (Å²) in [6.07, 6.45) is 7.30. The molecule has 2 aliphatic heterocycles.